The van der Waals surface area contributed by atoms with Crippen molar-refractivity contribution in [1.29, 1.82) is 5.26 Å². The van der Waals surface area contributed by atoms with Crippen molar-refractivity contribution in [2.75, 3.05) is 17.6 Å². The Morgan fingerprint density at radius 2 is 2.18 bits per heavy atom. The minimum Gasteiger partial charge on any atom is -0.382 e. The third kappa shape index (κ3) is 1.88. The zero-order valence-electron chi connectivity index (χ0n) is 9.25. The molecular weight excluding hydrogens is 218 g/mol. The molecule has 0 spiro atoms. The number of nitrogen functional groups attached to an aromatic ring is 1. The normalized spacial score (nSPS) is 9.88. The van der Waals surface area contributed by atoms with E-state index < -0.39 is 0 Å². The van der Waals surface area contributed by atoms with Gasteiger partial charge >= 0.3 is 0 Å². The molecule has 0 radical (unpaired) electrons. The van der Waals surface area contributed by atoms with Gasteiger partial charge in [0, 0.05) is 18.9 Å². The monoisotopic (exact) mass is 229 g/mol. The molecule has 0 unspecified atom stereocenters. The van der Waals surface area contributed by atoms with Gasteiger partial charge in [0.1, 0.15) is 11.6 Å². The molecule has 17 heavy (non-hydrogen) atoms. The van der Waals surface area contributed by atoms with Gasteiger partial charge in [0.25, 0.3) is 5.95 Å². The molecule has 2 aromatic rings. The zero-order valence-corrected chi connectivity index (χ0v) is 9.25. The van der Waals surface area contributed by atoms with Gasteiger partial charge in [0.15, 0.2) is 11.6 Å². The number of nitrogens with zero attached hydrogens (tertiary/aromatic N) is 5. The molecule has 2 rings (SSSR count). The Hall–Kier alpha value is -2.62. The van der Waals surface area contributed by atoms with Crippen molar-refractivity contribution >= 4 is 11.6 Å². The molecule has 0 aliphatic carbocycles. The summed E-state index contributed by atoms with van der Waals surface area (Å²) in [6, 6.07) is 3.71. The summed E-state index contributed by atoms with van der Waals surface area (Å²) in [5, 5.41) is 16.2. The third-order valence-electron chi connectivity index (χ3n) is 2.12. The maximum atomic E-state index is 9.02. The number of aromatic nitrogens is 4. The molecule has 0 aliphatic rings. The standard InChI is InChI=1S/C10H11N7/c1-2-13-9-7(6-11)8(12)17(16-9)10-14-4-3-5-15-10/h3-5H,2,12H2,1H3,(H,13,16). The lowest BCUT2D eigenvalue weighted by atomic mass is 10.3. The van der Waals surface area contributed by atoms with E-state index in [1.54, 1.807) is 18.5 Å². The van der Waals surface area contributed by atoms with E-state index in [2.05, 4.69) is 20.4 Å². The van der Waals surface area contributed by atoms with E-state index in [1.165, 1.54) is 4.68 Å². The Bertz CT molecular complexity index is 552. The van der Waals surface area contributed by atoms with Crippen LogP contribution in [0.15, 0.2) is 18.5 Å². The summed E-state index contributed by atoms with van der Waals surface area (Å²) < 4.78 is 1.34. The fourth-order valence-electron chi connectivity index (χ4n) is 1.39. The van der Waals surface area contributed by atoms with Crippen LogP contribution in [0, 0.1) is 11.3 Å². The highest BCUT2D eigenvalue weighted by Gasteiger charge is 2.16. The number of rotatable bonds is 3. The molecule has 3 N–H and O–H groups in total. The summed E-state index contributed by atoms with van der Waals surface area (Å²) in [5.41, 5.74) is 6.14. The van der Waals surface area contributed by atoms with Crippen LogP contribution in [0.4, 0.5) is 11.6 Å². The maximum Gasteiger partial charge on any atom is 0.252 e. The molecule has 0 aromatic carbocycles. The molecule has 0 atom stereocenters. The molecule has 2 aromatic heterocycles. The predicted octanol–water partition coefficient (Wildman–Crippen LogP) is 0.548. The lowest BCUT2D eigenvalue weighted by molar-refractivity contribution is 0.818. The SMILES string of the molecule is CCNc1nn(-c2ncccn2)c(N)c1C#N. The third-order valence-corrected chi connectivity index (χ3v) is 2.12. The second-order valence-corrected chi connectivity index (χ2v) is 3.21. The van der Waals surface area contributed by atoms with Crippen molar-refractivity contribution in [1.82, 2.24) is 19.7 Å². The molecule has 0 fully saturated rings. The van der Waals surface area contributed by atoms with Gasteiger partial charge in [-0.15, -0.1) is 5.10 Å². The van der Waals surface area contributed by atoms with Gasteiger partial charge in [-0.25, -0.2) is 9.97 Å². The van der Waals surface area contributed by atoms with E-state index in [0.29, 0.717) is 23.9 Å². The van der Waals surface area contributed by atoms with E-state index >= 15 is 0 Å². The van der Waals surface area contributed by atoms with Gasteiger partial charge in [0.2, 0.25) is 0 Å². The average Bonchev–Trinajstić information content (AvgIpc) is 2.67. The number of nitrogens with one attached hydrogen (secondary N) is 1. The molecule has 2 heterocycles. The Labute approximate surface area is 97.9 Å². The largest absolute Gasteiger partial charge is 0.382 e. The Morgan fingerprint density at radius 1 is 1.47 bits per heavy atom. The van der Waals surface area contributed by atoms with Gasteiger partial charge in [-0.1, -0.05) is 0 Å². The van der Waals surface area contributed by atoms with Crippen LogP contribution in [0.1, 0.15) is 12.5 Å². The second-order valence-electron chi connectivity index (χ2n) is 3.21. The van der Waals surface area contributed by atoms with Gasteiger partial charge in [-0.05, 0) is 13.0 Å². The van der Waals surface area contributed by atoms with Crippen molar-refractivity contribution in [2.45, 2.75) is 6.92 Å². The second kappa shape index (κ2) is 4.49. The number of hydrogen-bond donors (Lipinski definition) is 2. The highest BCUT2D eigenvalue weighted by molar-refractivity contribution is 5.65. The minimum absolute atomic E-state index is 0.231. The summed E-state index contributed by atoms with van der Waals surface area (Å²) >= 11 is 0. The molecule has 0 saturated carbocycles. The summed E-state index contributed by atoms with van der Waals surface area (Å²) in [7, 11) is 0. The number of anilines is 2. The lowest BCUT2D eigenvalue weighted by Gasteiger charge is -1.99. The zero-order chi connectivity index (χ0) is 12.3. The van der Waals surface area contributed by atoms with Gasteiger partial charge in [-0.2, -0.15) is 9.94 Å². The van der Waals surface area contributed by atoms with Gasteiger partial charge in [0.05, 0.1) is 0 Å². The summed E-state index contributed by atoms with van der Waals surface area (Å²) in [6.45, 7) is 2.57. The van der Waals surface area contributed by atoms with Crippen LogP contribution in [0.2, 0.25) is 0 Å². The quantitative estimate of drug-likeness (QED) is 0.796. The summed E-state index contributed by atoms with van der Waals surface area (Å²) in [5.74, 6) is 1.01. The average molecular weight is 229 g/mol. The van der Waals surface area contributed by atoms with Crippen LogP contribution >= 0.6 is 0 Å². The molecule has 0 bridgehead atoms. The molecule has 7 nitrogen and oxygen atoms in total. The van der Waals surface area contributed by atoms with Crippen LogP contribution in [0.25, 0.3) is 5.95 Å². The first-order valence-electron chi connectivity index (χ1n) is 5.07. The van der Waals surface area contributed by atoms with Crippen molar-refractivity contribution in [2.24, 2.45) is 0 Å². The Balaban J connectivity index is 2.54. The smallest absolute Gasteiger partial charge is 0.252 e. The molecule has 86 valence electrons. The number of nitriles is 1. The van der Waals surface area contributed by atoms with Crippen molar-refractivity contribution in [3.8, 4) is 12.0 Å². The highest BCUT2D eigenvalue weighted by Crippen LogP contribution is 2.22. The first-order valence-corrected chi connectivity index (χ1v) is 5.07. The van der Waals surface area contributed by atoms with E-state index in [0.717, 1.165) is 0 Å². The fraction of sp³-hybridized carbons (Fsp3) is 0.200. The highest BCUT2D eigenvalue weighted by atomic mass is 15.4. The first kappa shape index (κ1) is 10.9. The maximum absolute atomic E-state index is 9.02. The number of hydrogen-bond acceptors (Lipinski definition) is 6. The molecule has 0 amide bonds. The van der Waals surface area contributed by atoms with Crippen LogP contribution in [-0.2, 0) is 0 Å². The van der Waals surface area contributed by atoms with E-state index in [-0.39, 0.29) is 5.82 Å². The van der Waals surface area contributed by atoms with E-state index in [4.69, 9.17) is 11.0 Å². The van der Waals surface area contributed by atoms with Crippen LogP contribution in [0.3, 0.4) is 0 Å². The Morgan fingerprint density at radius 3 is 2.76 bits per heavy atom. The van der Waals surface area contributed by atoms with E-state index in [9.17, 15) is 0 Å². The number of nitrogens with two attached hydrogens (primary N) is 1. The minimum atomic E-state index is 0.231. The fourth-order valence-corrected chi connectivity index (χ4v) is 1.39. The molecule has 0 saturated heterocycles. The van der Waals surface area contributed by atoms with Gasteiger partial charge in [-0.3, -0.25) is 0 Å². The lowest BCUT2D eigenvalue weighted by Crippen LogP contribution is -2.06. The molecule has 0 aliphatic heterocycles. The molecule has 7 heteroatoms. The van der Waals surface area contributed by atoms with Gasteiger partial charge < -0.3 is 11.1 Å². The van der Waals surface area contributed by atoms with Crippen LogP contribution in [0.5, 0.6) is 0 Å². The van der Waals surface area contributed by atoms with Crippen molar-refractivity contribution in [3.05, 3.63) is 24.0 Å². The summed E-state index contributed by atoms with van der Waals surface area (Å²) in [4.78, 5) is 8.06. The van der Waals surface area contributed by atoms with Crippen molar-refractivity contribution < 1.29 is 0 Å². The topological polar surface area (TPSA) is 105 Å². The first-order chi connectivity index (χ1) is 8.27. The molecular formula is C10H11N7. The Kier molecular flexibility index (Phi) is 2.87. The van der Waals surface area contributed by atoms with Crippen LogP contribution in [-0.4, -0.2) is 26.3 Å². The van der Waals surface area contributed by atoms with Crippen LogP contribution < -0.4 is 11.1 Å². The van der Waals surface area contributed by atoms with Crippen molar-refractivity contribution in [3.63, 3.8) is 0 Å². The summed E-state index contributed by atoms with van der Waals surface area (Å²) in [6.07, 6.45) is 3.17. The van der Waals surface area contributed by atoms with E-state index in [1.807, 2.05) is 13.0 Å². The predicted molar refractivity (Wildman–Crippen MR) is 62.4 cm³/mol.